The van der Waals surface area contributed by atoms with Gasteiger partial charge < -0.3 is 4.74 Å². The van der Waals surface area contributed by atoms with Crippen LogP contribution in [0.5, 0.6) is 5.75 Å². The molecule has 0 saturated heterocycles. The van der Waals surface area contributed by atoms with Crippen molar-refractivity contribution in [3.05, 3.63) is 100 Å². The second kappa shape index (κ2) is 7.21. The Kier molecular flexibility index (Phi) is 4.60. The van der Waals surface area contributed by atoms with Crippen molar-refractivity contribution in [2.75, 3.05) is 0 Å². The van der Waals surface area contributed by atoms with Crippen LogP contribution in [0, 0.1) is 5.82 Å². The first-order valence-electron chi connectivity index (χ1n) is 8.22. The highest BCUT2D eigenvalue weighted by Gasteiger charge is 2.25. The van der Waals surface area contributed by atoms with E-state index in [-0.39, 0.29) is 17.1 Å². The van der Waals surface area contributed by atoms with Crippen LogP contribution in [0.3, 0.4) is 0 Å². The topological polar surface area (TPSA) is 43.4 Å². The standard InChI is InChI=1S/C22H13FO3S/c23-17-10-4-2-8-15(17)22(25)26-18-11-5-1-7-14(18)13-20-21(24)16-9-3-6-12-19(16)27-20/h1-13H. The van der Waals surface area contributed by atoms with Gasteiger partial charge in [-0.05, 0) is 36.4 Å². The van der Waals surface area contributed by atoms with Gasteiger partial charge in [-0.15, -0.1) is 0 Å². The van der Waals surface area contributed by atoms with Crippen molar-refractivity contribution in [2.24, 2.45) is 0 Å². The number of para-hydroxylation sites is 1. The zero-order chi connectivity index (χ0) is 18.8. The van der Waals surface area contributed by atoms with Crippen LogP contribution < -0.4 is 4.74 Å². The van der Waals surface area contributed by atoms with Crippen LogP contribution in [-0.4, -0.2) is 11.8 Å². The molecule has 0 bridgehead atoms. The number of rotatable bonds is 3. The lowest BCUT2D eigenvalue weighted by atomic mass is 10.1. The molecule has 5 heteroatoms. The van der Waals surface area contributed by atoms with Crippen LogP contribution in [0.4, 0.5) is 4.39 Å². The first-order valence-corrected chi connectivity index (χ1v) is 9.04. The molecule has 3 nitrogen and oxygen atoms in total. The van der Waals surface area contributed by atoms with E-state index in [1.807, 2.05) is 18.2 Å². The lowest BCUT2D eigenvalue weighted by Gasteiger charge is -2.08. The fourth-order valence-corrected chi connectivity index (χ4v) is 3.79. The van der Waals surface area contributed by atoms with Crippen molar-refractivity contribution in [3.63, 3.8) is 0 Å². The van der Waals surface area contributed by atoms with Crippen LogP contribution in [0.1, 0.15) is 26.3 Å². The number of Topliss-reactive ketones (excluding diaryl/α,β-unsaturated/α-hetero) is 1. The molecular formula is C22H13FO3S. The molecule has 0 saturated carbocycles. The predicted molar refractivity (Wildman–Crippen MR) is 102 cm³/mol. The summed E-state index contributed by atoms with van der Waals surface area (Å²) in [7, 11) is 0. The molecule has 3 aromatic rings. The first kappa shape index (κ1) is 17.2. The maximum Gasteiger partial charge on any atom is 0.346 e. The Balaban J connectivity index is 1.64. The maximum atomic E-state index is 13.8. The summed E-state index contributed by atoms with van der Waals surface area (Å²) in [5.41, 5.74) is 1.10. The number of halogens is 1. The minimum absolute atomic E-state index is 0.0640. The van der Waals surface area contributed by atoms with Crippen LogP contribution in [0.15, 0.2) is 82.6 Å². The zero-order valence-corrected chi connectivity index (χ0v) is 14.8. The Morgan fingerprint density at radius 3 is 2.44 bits per heavy atom. The van der Waals surface area contributed by atoms with E-state index in [9.17, 15) is 14.0 Å². The summed E-state index contributed by atoms with van der Waals surface area (Å²) in [6.45, 7) is 0. The fraction of sp³-hybridized carbons (Fsp3) is 0. The zero-order valence-electron chi connectivity index (χ0n) is 14.0. The van der Waals surface area contributed by atoms with Gasteiger partial charge in [0.05, 0.1) is 10.5 Å². The molecule has 27 heavy (non-hydrogen) atoms. The molecule has 1 aliphatic heterocycles. The number of esters is 1. The normalized spacial score (nSPS) is 14.3. The van der Waals surface area contributed by atoms with Crippen LogP contribution in [0.2, 0.25) is 0 Å². The van der Waals surface area contributed by atoms with Gasteiger partial charge >= 0.3 is 5.97 Å². The van der Waals surface area contributed by atoms with Crippen molar-refractivity contribution in [2.45, 2.75) is 4.90 Å². The Bertz CT molecular complexity index is 1090. The average Bonchev–Trinajstić information content (AvgIpc) is 2.99. The third-order valence-corrected chi connectivity index (χ3v) is 5.18. The molecular weight excluding hydrogens is 363 g/mol. The number of hydrogen-bond donors (Lipinski definition) is 0. The molecule has 132 valence electrons. The quantitative estimate of drug-likeness (QED) is 0.350. The Labute approximate surface area is 159 Å². The summed E-state index contributed by atoms with van der Waals surface area (Å²) in [6, 6.07) is 19.9. The van der Waals surface area contributed by atoms with Crippen molar-refractivity contribution in [3.8, 4) is 5.75 Å². The van der Waals surface area contributed by atoms with E-state index in [0.717, 1.165) is 4.90 Å². The Morgan fingerprint density at radius 2 is 1.63 bits per heavy atom. The van der Waals surface area contributed by atoms with Gasteiger partial charge in [-0.25, -0.2) is 9.18 Å². The van der Waals surface area contributed by atoms with Crippen LogP contribution in [-0.2, 0) is 0 Å². The number of allylic oxidation sites excluding steroid dienone is 1. The Morgan fingerprint density at radius 1 is 0.926 bits per heavy atom. The van der Waals surface area contributed by atoms with Crippen molar-refractivity contribution in [1.82, 2.24) is 0 Å². The second-order valence-electron chi connectivity index (χ2n) is 5.84. The number of hydrogen-bond acceptors (Lipinski definition) is 4. The predicted octanol–water partition coefficient (Wildman–Crippen LogP) is 5.37. The lowest BCUT2D eigenvalue weighted by Crippen LogP contribution is -2.11. The highest BCUT2D eigenvalue weighted by Crippen LogP contribution is 2.41. The smallest absolute Gasteiger partial charge is 0.346 e. The molecule has 0 amide bonds. The fourth-order valence-electron chi connectivity index (χ4n) is 2.75. The van der Waals surface area contributed by atoms with E-state index in [1.165, 1.54) is 30.0 Å². The second-order valence-corrected chi connectivity index (χ2v) is 6.93. The summed E-state index contributed by atoms with van der Waals surface area (Å²) in [6.07, 6.45) is 1.69. The number of ketones is 1. The highest BCUT2D eigenvalue weighted by atomic mass is 32.2. The van der Waals surface area contributed by atoms with Gasteiger partial charge in [0.15, 0.2) is 0 Å². The van der Waals surface area contributed by atoms with Gasteiger partial charge in [-0.3, -0.25) is 4.79 Å². The number of carbonyl (C=O) groups excluding carboxylic acids is 2. The summed E-state index contributed by atoms with van der Waals surface area (Å²) < 4.78 is 19.2. The molecule has 1 aliphatic rings. The summed E-state index contributed by atoms with van der Waals surface area (Å²) in [5, 5.41) is 0. The minimum atomic E-state index is -0.785. The van der Waals surface area contributed by atoms with Gasteiger partial charge in [-0.1, -0.05) is 54.2 Å². The van der Waals surface area contributed by atoms with E-state index >= 15 is 0 Å². The molecule has 0 unspecified atom stereocenters. The highest BCUT2D eigenvalue weighted by molar-refractivity contribution is 8.04. The molecule has 0 N–H and O–H groups in total. The minimum Gasteiger partial charge on any atom is -0.422 e. The molecule has 0 fully saturated rings. The van der Waals surface area contributed by atoms with Crippen molar-refractivity contribution in [1.29, 1.82) is 0 Å². The van der Waals surface area contributed by atoms with E-state index in [2.05, 4.69) is 0 Å². The van der Waals surface area contributed by atoms with E-state index in [1.54, 1.807) is 42.5 Å². The van der Waals surface area contributed by atoms with Gasteiger partial charge in [0, 0.05) is 16.0 Å². The number of fused-ring (bicyclic) bond motifs is 1. The molecule has 0 radical (unpaired) electrons. The van der Waals surface area contributed by atoms with E-state index in [0.29, 0.717) is 16.0 Å². The first-order chi connectivity index (χ1) is 13.1. The largest absolute Gasteiger partial charge is 0.422 e. The molecule has 1 heterocycles. The van der Waals surface area contributed by atoms with Gasteiger partial charge in [0.25, 0.3) is 0 Å². The molecule has 0 aliphatic carbocycles. The van der Waals surface area contributed by atoms with Crippen molar-refractivity contribution >= 4 is 29.6 Å². The average molecular weight is 376 g/mol. The molecule has 4 rings (SSSR count). The monoisotopic (exact) mass is 376 g/mol. The number of benzene rings is 3. The third-order valence-electron chi connectivity index (χ3n) is 4.08. The number of carbonyl (C=O) groups is 2. The van der Waals surface area contributed by atoms with E-state index in [4.69, 9.17) is 4.74 Å². The Hall–Kier alpha value is -3.18. The summed E-state index contributed by atoms with van der Waals surface area (Å²) >= 11 is 1.38. The lowest BCUT2D eigenvalue weighted by molar-refractivity contribution is 0.0729. The van der Waals surface area contributed by atoms with Crippen molar-refractivity contribution < 1.29 is 18.7 Å². The third kappa shape index (κ3) is 3.41. The molecule has 0 atom stereocenters. The van der Waals surface area contributed by atoms with Gasteiger partial charge in [0.1, 0.15) is 11.6 Å². The van der Waals surface area contributed by atoms with E-state index < -0.39 is 11.8 Å². The van der Waals surface area contributed by atoms with Crippen LogP contribution >= 0.6 is 11.8 Å². The molecule has 3 aromatic carbocycles. The maximum absolute atomic E-state index is 13.8. The van der Waals surface area contributed by atoms with Crippen LogP contribution in [0.25, 0.3) is 6.08 Å². The molecule has 0 spiro atoms. The molecule has 0 aromatic heterocycles. The van der Waals surface area contributed by atoms with Gasteiger partial charge in [0.2, 0.25) is 5.78 Å². The van der Waals surface area contributed by atoms with Gasteiger partial charge in [-0.2, -0.15) is 0 Å². The number of ether oxygens (including phenoxy) is 1. The SMILES string of the molecule is O=C(Oc1ccccc1C=C1Sc2ccccc2C1=O)c1ccccc1F. The summed E-state index contributed by atoms with van der Waals surface area (Å²) in [4.78, 5) is 26.3. The number of thioether (sulfide) groups is 1. The summed E-state index contributed by atoms with van der Waals surface area (Å²) in [5.74, 6) is -1.23.